The lowest BCUT2D eigenvalue weighted by molar-refractivity contribution is 0.234. The summed E-state index contributed by atoms with van der Waals surface area (Å²) in [5, 5.41) is 3.33. The molecule has 1 atom stereocenters. The molecule has 0 aliphatic rings. The Kier molecular flexibility index (Phi) is 4.45. The summed E-state index contributed by atoms with van der Waals surface area (Å²) >= 11 is 0. The van der Waals surface area contributed by atoms with Gasteiger partial charge in [-0.25, -0.2) is 4.98 Å². The summed E-state index contributed by atoms with van der Waals surface area (Å²) in [5.41, 5.74) is 6.40. The predicted molar refractivity (Wildman–Crippen MR) is 79.7 cm³/mol. The molecule has 2 aromatic heterocycles. The van der Waals surface area contributed by atoms with E-state index in [0.29, 0.717) is 11.6 Å². The van der Waals surface area contributed by atoms with E-state index < -0.39 is 0 Å². The van der Waals surface area contributed by atoms with E-state index in [1.165, 1.54) is 0 Å². The molecule has 0 bridgehead atoms. The number of aromatic amines is 1. The van der Waals surface area contributed by atoms with Crippen molar-refractivity contribution in [3.8, 4) is 5.88 Å². The summed E-state index contributed by atoms with van der Waals surface area (Å²) in [4.78, 5) is 11.8. The zero-order chi connectivity index (χ0) is 14.5. The molecule has 2 heterocycles. The number of imidazole rings is 1. The number of nitrogen functional groups attached to an aromatic ring is 1. The van der Waals surface area contributed by atoms with Crippen LogP contribution < -0.4 is 15.8 Å². The van der Waals surface area contributed by atoms with E-state index in [1.54, 1.807) is 12.3 Å². The van der Waals surface area contributed by atoms with Crippen molar-refractivity contribution < 1.29 is 4.74 Å². The van der Waals surface area contributed by atoms with Gasteiger partial charge in [-0.05, 0) is 32.4 Å². The normalized spacial score (nSPS) is 12.4. The van der Waals surface area contributed by atoms with Crippen molar-refractivity contribution in [2.75, 3.05) is 11.1 Å². The molecule has 0 fully saturated rings. The van der Waals surface area contributed by atoms with Crippen molar-refractivity contribution in [2.24, 2.45) is 0 Å². The molecule has 0 aromatic carbocycles. The van der Waals surface area contributed by atoms with Gasteiger partial charge in [-0.15, -0.1) is 0 Å². The van der Waals surface area contributed by atoms with Crippen molar-refractivity contribution in [1.29, 1.82) is 0 Å². The lowest BCUT2D eigenvalue weighted by Gasteiger charge is -2.17. The number of rotatable bonds is 6. The van der Waals surface area contributed by atoms with Crippen molar-refractivity contribution in [1.82, 2.24) is 15.0 Å². The molecule has 4 N–H and O–H groups in total. The number of hydrogen-bond acceptors (Lipinski definition) is 5. The zero-order valence-electron chi connectivity index (χ0n) is 12.1. The maximum Gasteiger partial charge on any atom is 0.239 e. The Balaban J connectivity index is 2.16. The second-order valence-electron chi connectivity index (χ2n) is 4.84. The molecule has 108 valence electrons. The first-order valence-electron chi connectivity index (χ1n) is 6.79. The Bertz CT molecular complexity index is 539. The van der Waals surface area contributed by atoms with Crippen LogP contribution >= 0.6 is 0 Å². The van der Waals surface area contributed by atoms with Gasteiger partial charge in [0.25, 0.3) is 0 Å². The molecule has 0 spiro atoms. The number of nitrogens with two attached hydrogens (primary N) is 1. The van der Waals surface area contributed by atoms with Crippen LogP contribution in [-0.2, 0) is 0 Å². The minimum atomic E-state index is 0.0343. The Hall–Kier alpha value is -2.24. The molecule has 0 aliphatic carbocycles. The van der Waals surface area contributed by atoms with Crippen molar-refractivity contribution in [3.05, 3.63) is 30.4 Å². The van der Waals surface area contributed by atoms with Gasteiger partial charge >= 0.3 is 0 Å². The number of anilines is 2. The topological polar surface area (TPSA) is 88.8 Å². The van der Waals surface area contributed by atoms with E-state index in [1.807, 2.05) is 26.1 Å². The van der Waals surface area contributed by atoms with Gasteiger partial charge in [-0.1, -0.05) is 6.92 Å². The maximum atomic E-state index is 5.86. The summed E-state index contributed by atoms with van der Waals surface area (Å²) in [6.07, 6.45) is 4.47. The van der Waals surface area contributed by atoms with Crippen LogP contribution in [0.1, 0.15) is 39.1 Å². The van der Waals surface area contributed by atoms with Crippen molar-refractivity contribution in [2.45, 2.75) is 39.3 Å². The third kappa shape index (κ3) is 3.40. The van der Waals surface area contributed by atoms with E-state index in [4.69, 9.17) is 10.5 Å². The number of ether oxygens (including phenoxy) is 1. The molecule has 1 unspecified atom stereocenters. The van der Waals surface area contributed by atoms with Crippen LogP contribution in [0.15, 0.2) is 24.5 Å². The fraction of sp³-hybridized carbons (Fsp3) is 0.429. The largest absolute Gasteiger partial charge is 0.473 e. The van der Waals surface area contributed by atoms with Crippen LogP contribution in [0.5, 0.6) is 5.88 Å². The average Bonchev–Trinajstić information content (AvgIpc) is 2.93. The molecule has 2 rings (SSSR count). The average molecular weight is 275 g/mol. The van der Waals surface area contributed by atoms with E-state index >= 15 is 0 Å². The zero-order valence-corrected chi connectivity index (χ0v) is 12.1. The maximum absolute atomic E-state index is 5.86. The van der Waals surface area contributed by atoms with Crippen molar-refractivity contribution in [3.63, 3.8) is 0 Å². The molecule has 0 aliphatic heterocycles. The van der Waals surface area contributed by atoms with Gasteiger partial charge in [0.05, 0.1) is 17.8 Å². The number of aromatic nitrogens is 3. The lowest BCUT2D eigenvalue weighted by atomic mass is 10.2. The van der Waals surface area contributed by atoms with E-state index in [0.717, 1.165) is 18.1 Å². The standard InChI is InChI=1S/C14H21N5O/c1-4-11(13-16-7-8-17-13)18-12-6-5-10(15)14(19-12)20-9(2)3/h5-9,11H,4,15H2,1-3H3,(H,16,17)(H,18,19). The molecule has 0 saturated heterocycles. The van der Waals surface area contributed by atoms with Crippen LogP contribution in [0, 0.1) is 0 Å². The van der Waals surface area contributed by atoms with Crippen LogP contribution in [0.4, 0.5) is 11.5 Å². The van der Waals surface area contributed by atoms with Gasteiger partial charge in [-0.3, -0.25) is 0 Å². The van der Waals surface area contributed by atoms with Crippen LogP contribution in [0.3, 0.4) is 0 Å². The number of nitrogens with zero attached hydrogens (tertiary/aromatic N) is 2. The van der Waals surface area contributed by atoms with Gasteiger partial charge in [-0.2, -0.15) is 4.98 Å². The summed E-state index contributed by atoms with van der Waals surface area (Å²) in [5.74, 6) is 2.06. The van der Waals surface area contributed by atoms with Gasteiger partial charge in [0, 0.05) is 12.4 Å². The second kappa shape index (κ2) is 6.27. The fourth-order valence-corrected chi connectivity index (χ4v) is 1.86. The first-order chi connectivity index (χ1) is 9.60. The number of hydrogen-bond donors (Lipinski definition) is 3. The smallest absolute Gasteiger partial charge is 0.239 e. The monoisotopic (exact) mass is 275 g/mol. The third-order valence-corrected chi connectivity index (χ3v) is 2.82. The highest BCUT2D eigenvalue weighted by atomic mass is 16.5. The van der Waals surface area contributed by atoms with Gasteiger partial charge in [0.15, 0.2) is 0 Å². The highest BCUT2D eigenvalue weighted by Crippen LogP contribution is 2.25. The molecular formula is C14H21N5O. The van der Waals surface area contributed by atoms with Crippen LogP contribution in [0.2, 0.25) is 0 Å². The fourth-order valence-electron chi connectivity index (χ4n) is 1.86. The molecule has 0 saturated carbocycles. The van der Waals surface area contributed by atoms with Crippen molar-refractivity contribution >= 4 is 11.5 Å². The first-order valence-corrected chi connectivity index (χ1v) is 6.79. The highest BCUT2D eigenvalue weighted by Gasteiger charge is 2.13. The number of nitrogens with one attached hydrogen (secondary N) is 2. The van der Waals surface area contributed by atoms with Gasteiger partial charge in [0.2, 0.25) is 5.88 Å². The van der Waals surface area contributed by atoms with E-state index in [2.05, 4.69) is 27.2 Å². The Labute approximate surface area is 118 Å². The summed E-state index contributed by atoms with van der Waals surface area (Å²) in [7, 11) is 0. The van der Waals surface area contributed by atoms with Gasteiger partial charge < -0.3 is 20.8 Å². The van der Waals surface area contributed by atoms with E-state index in [-0.39, 0.29) is 12.1 Å². The first kappa shape index (κ1) is 14.2. The van der Waals surface area contributed by atoms with Gasteiger partial charge in [0.1, 0.15) is 11.6 Å². The Morgan fingerprint density at radius 1 is 1.40 bits per heavy atom. The minimum absolute atomic E-state index is 0.0343. The van der Waals surface area contributed by atoms with Crippen LogP contribution in [0.25, 0.3) is 0 Å². The second-order valence-corrected chi connectivity index (χ2v) is 4.84. The lowest BCUT2D eigenvalue weighted by Crippen LogP contribution is -2.14. The molecular weight excluding hydrogens is 254 g/mol. The molecule has 0 amide bonds. The minimum Gasteiger partial charge on any atom is -0.473 e. The van der Waals surface area contributed by atoms with E-state index in [9.17, 15) is 0 Å². The Morgan fingerprint density at radius 3 is 2.80 bits per heavy atom. The highest BCUT2D eigenvalue weighted by molar-refractivity contribution is 5.54. The third-order valence-electron chi connectivity index (χ3n) is 2.82. The summed E-state index contributed by atoms with van der Waals surface area (Å²) in [6.45, 7) is 5.97. The molecule has 6 nitrogen and oxygen atoms in total. The summed E-state index contributed by atoms with van der Waals surface area (Å²) < 4.78 is 5.59. The SMILES string of the molecule is CCC(Nc1ccc(N)c(OC(C)C)n1)c1ncc[nH]1. The molecule has 6 heteroatoms. The Morgan fingerprint density at radius 2 is 2.20 bits per heavy atom. The number of H-pyrrole nitrogens is 1. The number of pyridine rings is 1. The van der Waals surface area contributed by atoms with Crippen LogP contribution in [-0.4, -0.2) is 21.1 Å². The summed E-state index contributed by atoms with van der Waals surface area (Å²) in [6, 6.07) is 3.71. The molecule has 20 heavy (non-hydrogen) atoms. The molecule has 0 radical (unpaired) electrons. The quantitative estimate of drug-likeness (QED) is 0.754. The molecule has 2 aromatic rings. The predicted octanol–water partition coefficient (Wildman–Crippen LogP) is 2.74.